The van der Waals surface area contributed by atoms with Crippen molar-refractivity contribution in [2.24, 2.45) is 5.92 Å². The van der Waals surface area contributed by atoms with Gasteiger partial charge in [0.05, 0.1) is 13.2 Å². The minimum absolute atomic E-state index is 0.0425. The number of hydrogen-bond donors (Lipinski definition) is 2. The number of carbonyl (C=O) groups excluding carboxylic acids is 1. The predicted molar refractivity (Wildman–Crippen MR) is 68.0 cm³/mol. The van der Waals surface area contributed by atoms with Gasteiger partial charge in [0, 0.05) is 19.7 Å². The number of likely N-dealkylation sites (tertiary alicyclic amines) is 1. The highest BCUT2D eigenvalue weighted by Gasteiger charge is 2.19. The summed E-state index contributed by atoms with van der Waals surface area (Å²) in [6.45, 7) is 6.12. The van der Waals surface area contributed by atoms with E-state index < -0.39 is 0 Å². The zero-order chi connectivity index (χ0) is 12.7. The summed E-state index contributed by atoms with van der Waals surface area (Å²) in [6.07, 6.45) is 1.23. The van der Waals surface area contributed by atoms with Crippen LogP contribution in [-0.2, 0) is 9.53 Å². The first-order valence-corrected chi connectivity index (χ1v) is 6.29. The number of methoxy groups -OCH3 is 1. The molecule has 1 aliphatic rings. The van der Waals surface area contributed by atoms with E-state index >= 15 is 0 Å². The topological polar surface area (TPSA) is 53.6 Å². The Morgan fingerprint density at radius 1 is 1.59 bits per heavy atom. The van der Waals surface area contributed by atoms with Crippen LogP contribution < -0.4 is 10.6 Å². The summed E-state index contributed by atoms with van der Waals surface area (Å²) < 4.78 is 4.96. The maximum Gasteiger partial charge on any atom is 0.234 e. The third kappa shape index (κ3) is 6.00. The SMILES string of the molecule is COCC(C)NC(=O)CNCC1CCN(C)C1. The number of hydrogen-bond acceptors (Lipinski definition) is 4. The predicted octanol–water partition coefficient (Wildman–Crippen LogP) is -0.321. The largest absolute Gasteiger partial charge is 0.383 e. The van der Waals surface area contributed by atoms with Crippen molar-refractivity contribution in [3.8, 4) is 0 Å². The second-order valence-corrected chi connectivity index (χ2v) is 4.97. The van der Waals surface area contributed by atoms with Crippen LogP contribution in [-0.4, -0.2) is 63.8 Å². The number of nitrogens with zero attached hydrogens (tertiary/aromatic N) is 1. The minimum Gasteiger partial charge on any atom is -0.383 e. The lowest BCUT2D eigenvalue weighted by Crippen LogP contribution is -2.42. The van der Waals surface area contributed by atoms with E-state index in [0.29, 0.717) is 19.1 Å². The molecule has 2 unspecified atom stereocenters. The fourth-order valence-electron chi connectivity index (χ4n) is 2.20. The number of rotatable bonds is 7. The molecule has 17 heavy (non-hydrogen) atoms. The van der Waals surface area contributed by atoms with E-state index in [2.05, 4.69) is 22.6 Å². The molecule has 0 aliphatic carbocycles. The molecule has 0 radical (unpaired) electrons. The molecule has 1 rings (SSSR count). The minimum atomic E-state index is 0.0425. The summed E-state index contributed by atoms with van der Waals surface area (Å²) in [5, 5.41) is 6.09. The summed E-state index contributed by atoms with van der Waals surface area (Å²) >= 11 is 0. The monoisotopic (exact) mass is 243 g/mol. The molecule has 2 atom stereocenters. The van der Waals surface area contributed by atoms with Crippen molar-refractivity contribution in [2.45, 2.75) is 19.4 Å². The van der Waals surface area contributed by atoms with Crippen LogP contribution in [0.5, 0.6) is 0 Å². The Balaban J connectivity index is 2.04. The molecule has 0 saturated carbocycles. The Labute approximate surface area is 104 Å². The van der Waals surface area contributed by atoms with Crippen molar-refractivity contribution in [3.05, 3.63) is 0 Å². The normalized spacial score (nSPS) is 22.6. The van der Waals surface area contributed by atoms with Crippen molar-refractivity contribution in [2.75, 3.05) is 46.9 Å². The molecule has 0 aromatic heterocycles. The van der Waals surface area contributed by atoms with Gasteiger partial charge in [-0.1, -0.05) is 0 Å². The van der Waals surface area contributed by atoms with Crippen LogP contribution in [0, 0.1) is 5.92 Å². The Morgan fingerprint density at radius 2 is 2.35 bits per heavy atom. The zero-order valence-electron chi connectivity index (χ0n) is 11.2. The van der Waals surface area contributed by atoms with Gasteiger partial charge in [-0.15, -0.1) is 0 Å². The second kappa shape index (κ2) is 7.63. The van der Waals surface area contributed by atoms with Crippen molar-refractivity contribution >= 4 is 5.91 Å². The fourth-order valence-corrected chi connectivity index (χ4v) is 2.20. The first-order chi connectivity index (χ1) is 8.11. The molecule has 1 aliphatic heterocycles. The maximum absolute atomic E-state index is 11.5. The van der Waals surface area contributed by atoms with Crippen LogP contribution in [0.4, 0.5) is 0 Å². The molecule has 0 aromatic carbocycles. The maximum atomic E-state index is 11.5. The van der Waals surface area contributed by atoms with Crippen LogP contribution in [0.2, 0.25) is 0 Å². The smallest absolute Gasteiger partial charge is 0.234 e. The van der Waals surface area contributed by atoms with Gasteiger partial charge in [-0.05, 0) is 39.4 Å². The lowest BCUT2D eigenvalue weighted by molar-refractivity contribution is -0.121. The van der Waals surface area contributed by atoms with E-state index in [0.717, 1.165) is 13.1 Å². The van der Waals surface area contributed by atoms with Gasteiger partial charge in [0.1, 0.15) is 0 Å². The molecule has 1 saturated heterocycles. The van der Waals surface area contributed by atoms with Gasteiger partial charge < -0.3 is 20.3 Å². The molecule has 0 aromatic rings. The molecule has 1 heterocycles. The highest BCUT2D eigenvalue weighted by Crippen LogP contribution is 2.12. The molecule has 0 bridgehead atoms. The third-order valence-corrected chi connectivity index (χ3v) is 3.03. The average molecular weight is 243 g/mol. The molecule has 0 spiro atoms. The number of carbonyl (C=O) groups is 1. The molecule has 100 valence electrons. The van der Waals surface area contributed by atoms with Gasteiger partial charge in [-0.25, -0.2) is 0 Å². The third-order valence-electron chi connectivity index (χ3n) is 3.03. The summed E-state index contributed by atoms with van der Waals surface area (Å²) in [5.41, 5.74) is 0. The van der Waals surface area contributed by atoms with Gasteiger partial charge >= 0.3 is 0 Å². The van der Waals surface area contributed by atoms with E-state index in [1.54, 1.807) is 7.11 Å². The molecule has 2 N–H and O–H groups in total. The van der Waals surface area contributed by atoms with Gasteiger partial charge in [0.25, 0.3) is 0 Å². The Morgan fingerprint density at radius 3 is 2.94 bits per heavy atom. The summed E-state index contributed by atoms with van der Waals surface area (Å²) in [6, 6.07) is 0.0758. The van der Waals surface area contributed by atoms with Crippen LogP contribution in [0.15, 0.2) is 0 Å². The molecular formula is C12H25N3O2. The van der Waals surface area contributed by atoms with E-state index in [1.165, 1.54) is 13.0 Å². The van der Waals surface area contributed by atoms with Crippen LogP contribution in [0.3, 0.4) is 0 Å². The van der Waals surface area contributed by atoms with Crippen LogP contribution in [0.25, 0.3) is 0 Å². The van der Waals surface area contributed by atoms with Crippen molar-refractivity contribution in [1.29, 1.82) is 0 Å². The lowest BCUT2D eigenvalue weighted by Gasteiger charge is -2.14. The highest BCUT2D eigenvalue weighted by atomic mass is 16.5. The van der Waals surface area contributed by atoms with Crippen LogP contribution >= 0.6 is 0 Å². The van der Waals surface area contributed by atoms with Crippen molar-refractivity contribution in [1.82, 2.24) is 15.5 Å². The Kier molecular flexibility index (Phi) is 6.47. The fraction of sp³-hybridized carbons (Fsp3) is 0.917. The number of ether oxygens (including phenoxy) is 1. The molecule has 5 heteroatoms. The first kappa shape index (κ1) is 14.4. The first-order valence-electron chi connectivity index (χ1n) is 6.29. The summed E-state index contributed by atoms with van der Waals surface area (Å²) in [4.78, 5) is 13.9. The zero-order valence-corrected chi connectivity index (χ0v) is 11.2. The molecule has 1 fully saturated rings. The van der Waals surface area contributed by atoms with Crippen molar-refractivity contribution in [3.63, 3.8) is 0 Å². The number of nitrogens with one attached hydrogen (secondary N) is 2. The lowest BCUT2D eigenvalue weighted by atomic mass is 10.1. The van der Waals surface area contributed by atoms with E-state index in [4.69, 9.17) is 4.74 Å². The summed E-state index contributed by atoms with van der Waals surface area (Å²) in [7, 11) is 3.77. The van der Waals surface area contributed by atoms with Gasteiger partial charge in [-0.3, -0.25) is 4.79 Å². The standard InChI is InChI=1S/C12H25N3O2/c1-10(9-17-3)14-12(16)7-13-6-11-4-5-15(2)8-11/h10-11,13H,4-9H2,1-3H3,(H,14,16). The van der Waals surface area contributed by atoms with Crippen molar-refractivity contribution < 1.29 is 9.53 Å². The van der Waals surface area contributed by atoms with Gasteiger partial charge in [0.15, 0.2) is 0 Å². The van der Waals surface area contributed by atoms with E-state index in [1.807, 2.05) is 6.92 Å². The molecule has 1 amide bonds. The van der Waals surface area contributed by atoms with E-state index in [-0.39, 0.29) is 11.9 Å². The molecule has 5 nitrogen and oxygen atoms in total. The second-order valence-electron chi connectivity index (χ2n) is 4.97. The quantitative estimate of drug-likeness (QED) is 0.643. The Hall–Kier alpha value is -0.650. The van der Waals surface area contributed by atoms with Crippen LogP contribution in [0.1, 0.15) is 13.3 Å². The number of amides is 1. The Bertz CT molecular complexity index is 236. The van der Waals surface area contributed by atoms with Gasteiger partial charge in [-0.2, -0.15) is 0 Å². The van der Waals surface area contributed by atoms with E-state index in [9.17, 15) is 4.79 Å². The highest BCUT2D eigenvalue weighted by molar-refractivity contribution is 5.78. The molecular weight excluding hydrogens is 218 g/mol. The van der Waals surface area contributed by atoms with Gasteiger partial charge in [0.2, 0.25) is 5.91 Å². The summed E-state index contributed by atoms with van der Waals surface area (Å²) in [5.74, 6) is 0.727. The average Bonchev–Trinajstić information content (AvgIpc) is 2.64.